The van der Waals surface area contributed by atoms with E-state index in [1.54, 1.807) is 0 Å². The first-order chi connectivity index (χ1) is 6.18. The molecule has 1 heterocycles. The zero-order valence-corrected chi connectivity index (χ0v) is 7.00. The molecule has 0 saturated heterocycles. The Morgan fingerprint density at radius 3 is 3.00 bits per heavy atom. The number of rotatable bonds is 5. The van der Waals surface area contributed by atoms with E-state index in [0.717, 1.165) is 0 Å². The van der Waals surface area contributed by atoms with Crippen molar-refractivity contribution in [2.24, 2.45) is 5.73 Å². The average molecular weight is 185 g/mol. The number of aliphatic carboxylic acids is 1. The zero-order valence-electron chi connectivity index (χ0n) is 7.00. The summed E-state index contributed by atoms with van der Waals surface area (Å²) in [7, 11) is 0. The fraction of sp³-hybridized carbons (Fsp3) is 0.667. The van der Waals surface area contributed by atoms with Gasteiger partial charge in [0, 0.05) is 12.6 Å². The highest BCUT2D eigenvalue weighted by atomic mass is 16.4. The van der Waals surface area contributed by atoms with Gasteiger partial charge in [0.15, 0.2) is 0 Å². The minimum Gasteiger partial charge on any atom is -0.481 e. The van der Waals surface area contributed by atoms with Gasteiger partial charge in [-0.3, -0.25) is 4.79 Å². The van der Waals surface area contributed by atoms with Crippen molar-refractivity contribution < 1.29 is 9.90 Å². The minimum atomic E-state index is -0.885. The molecule has 1 rings (SSSR count). The monoisotopic (exact) mass is 185 g/mol. The van der Waals surface area contributed by atoms with Crippen molar-refractivity contribution in [3.8, 4) is 0 Å². The van der Waals surface area contributed by atoms with Gasteiger partial charge >= 0.3 is 5.97 Å². The Labute approximate surface area is 74.5 Å². The molecule has 0 aromatic carbocycles. The molecule has 0 amide bonds. The maximum atomic E-state index is 10.2. The SMILES string of the molecule is NC(CCn1cnnn1)CC(=O)O. The summed E-state index contributed by atoms with van der Waals surface area (Å²) in [6.45, 7) is 0.543. The van der Waals surface area contributed by atoms with Crippen molar-refractivity contribution >= 4 is 5.97 Å². The third kappa shape index (κ3) is 3.61. The quantitative estimate of drug-likeness (QED) is 0.600. The van der Waals surface area contributed by atoms with Crippen LogP contribution >= 0.6 is 0 Å². The van der Waals surface area contributed by atoms with Crippen LogP contribution in [0.4, 0.5) is 0 Å². The predicted molar refractivity (Wildman–Crippen MR) is 42.7 cm³/mol. The van der Waals surface area contributed by atoms with E-state index in [-0.39, 0.29) is 12.5 Å². The molecule has 0 aliphatic heterocycles. The minimum absolute atomic E-state index is 0.0257. The molecule has 0 radical (unpaired) electrons. The number of tetrazole rings is 1. The molecular formula is C6H11N5O2. The summed E-state index contributed by atoms with van der Waals surface area (Å²) in [5.41, 5.74) is 5.53. The molecule has 0 spiro atoms. The van der Waals surface area contributed by atoms with Gasteiger partial charge in [0.1, 0.15) is 6.33 Å². The highest BCUT2D eigenvalue weighted by Crippen LogP contribution is 1.96. The van der Waals surface area contributed by atoms with Gasteiger partial charge in [-0.15, -0.1) is 5.10 Å². The lowest BCUT2D eigenvalue weighted by Gasteiger charge is -2.06. The lowest BCUT2D eigenvalue weighted by Crippen LogP contribution is -2.25. The van der Waals surface area contributed by atoms with E-state index in [1.807, 2.05) is 0 Å². The summed E-state index contributed by atoms with van der Waals surface area (Å²) in [5.74, 6) is -0.885. The largest absolute Gasteiger partial charge is 0.481 e. The van der Waals surface area contributed by atoms with Gasteiger partial charge in [0.25, 0.3) is 0 Å². The number of carboxylic acids is 1. The molecule has 13 heavy (non-hydrogen) atoms. The van der Waals surface area contributed by atoms with Gasteiger partial charge in [-0.25, -0.2) is 4.68 Å². The Bertz CT molecular complexity index is 260. The molecular weight excluding hydrogens is 174 g/mol. The number of carboxylic acid groups (broad SMARTS) is 1. The molecule has 72 valence electrons. The van der Waals surface area contributed by atoms with Crippen LogP contribution in [-0.4, -0.2) is 37.3 Å². The van der Waals surface area contributed by atoms with E-state index in [2.05, 4.69) is 15.5 Å². The second-order valence-electron chi connectivity index (χ2n) is 2.72. The Hall–Kier alpha value is -1.50. The van der Waals surface area contributed by atoms with E-state index in [4.69, 9.17) is 10.8 Å². The molecule has 1 atom stereocenters. The highest BCUT2D eigenvalue weighted by Gasteiger charge is 2.07. The summed E-state index contributed by atoms with van der Waals surface area (Å²) >= 11 is 0. The van der Waals surface area contributed by atoms with Gasteiger partial charge < -0.3 is 10.8 Å². The standard InChI is InChI=1S/C6H11N5O2/c7-5(3-6(12)13)1-2-11-4-8-9-10-11/h4-5H,1-3,7H2,(H,12,13). The van der Waals surface area contributed by atoms with Crippen molar-refractivity contribution in [3.63, 3.8) is 0 Å². The van der Waals surface area contributed by atoms with Crippen molar-refractivity contribution in [1.82, 2.24) is 20.2 Å². The summed E-state index contributed by atoms with van der Waals surface area (Å²) in [4.78, 5) is 10.2. The third-order valence-corrected chi connectivity index (χ3v) is 1.56. The molecule has 7 heteroatoms. The second kappa shape index (κ2) is 4.51. The molecule has 0 bridgehead atoms. The Balaban J connectivity index is 2.22. The molecule has 0 aliphatic carbocycles. The van der Waals surface area contributed by atoms with E-state index in [1.165, 1.54) is 11.0 Å². The van der Waals surface area contributed by atoms with Crippen LogP contribution in [0.5, 0.6) is 0 Å². The first kappa shape index (κ1) is 9.59. The lowest BCUT2D eigenvalue weighted by atomic mass is 10.1. The van der Waals surface area contributed by atoms with Crippen molar-refractivity contribution in [2.45, 2.75) is 25.4 Å². The normalized spacial score (nSPS) is 12.7. The number of hydrogen-bond donors (Lipinski definition) is 2. The fourth-order valence-electron chi connectivity index (χ4n) is 0.907. The van der Waals surface area contributed by atoms with Gasteiger partial charge in [0.05, 0.1) is 6.42 Å². The number of carbonyl (C=O) groups is 1. The van der Waals surface area contributed by atoms with E-state index in [0.29, 0.717) is 13.0 Å². The van der Waals surface area contributed by atoms with Gasteiger partial charge in [-0.2, -0.15) is 0 Å². The van der Waals surface area contributed by atoms with E-state index >= 15 is 0 Å². The highest BCUT2D eigenvalue weighted by molar-refractivity contribution is 5.67. The number of aromatic nitrogens is 4. The summed E-state index contributed by atoms with van der Waals surface area (Å²) in [6.07, 6.45) is 1.99. The zero-order chi connectivity index (χ0) is 9.68. The molecule has 0 saturated carbocycles. The molecule has 1 aromatic rings. The van der Waals surface area contributed by atoms with Crippen molar-refractivity contribution in [3.05, 3.63) is 6.33 Å². The average Bonchev–Trinajstić information content (AvgIpc) is 2.51. The van der Waals surface area contributed by atoms with Gasteiger partial charge in [0.2, 0.25) is 0 Å². The third-order valence-electron chi connectivity index (χ3n) is 1.56. The molecule has 1 unspecified atom stereocenters. The molecule has 0 fully saturated rings. The van der Waals surface area contributed by atoms with Crippen molar-refractivity contribution in [1.29, 1.82) is 0 Å². The first-order valence-corrected chi connectivity index (χ1v) is 3.86. The molecule has 3 N–H and O–H groups in total. The predicted octanol–water partition coefficient (Wildman–Crippen LogP) is -1.13. The number of nitrogens with two attached hydrogens (primary N) is 1. The maximum Gasteiger partial charge on any atom is 0.304 e. The second-order valence-corrected chi connectivity index (χ2v) is 2.72. The summed E-state index contributed by atoms with van der Waals surface area (Å²) in [6, 6.07) is -0.346. The first-order valence-electron chi connectivity index (χ1n) is 3.86. The summed E-state index contributed by atoms with van der Waals surface area (Å²) < 4.78 is 1.52. The van der Waals surface area contributed by atoms with Crippen LogP contribution in [0, 0.1) is 0 Å². The number of nitrogens with zero attached hydrogens (tertiary/aromatic N) is 4. The van der Waals surface area contributed by atoms with Gasteiger partial charge in [-0.1, -0.05) is 0 Å². The summed E-state index contributed by atoms with van der Waals surface area (Å²) in [5, 5.41) is 18.9. The van der Waals surface area contributed by atoms with Crippen LogP contribution in [0.2, 0.25) is 0 Å². The van der Waals surface area contributed by atoms with Crippen LogP contribution in [0.1, 0.15) is 12.8 Å². The molecule has 1 aromatic heterocycles. The molecule has 0 aliphatic rings. The Morgan fingerprint density at radius 1 is 1.69 bits per heavy atom. The van der Waals surface area contributed by atoms with Crippen LogP contribution in [0.25, 0.3) is 0 Å². The van der Waals surface area contributed by atoms with Crippen LogP contribution in [0.15, 0.2) is 6.33 Å². The topological polar surface area (TPSA) is 107 Å². The van der Waals surface area contributed by atoms with Gasteiger partial charge in [-0.05, 0) is 16.8 Å². The van der Waals surface area contributed by atoms with Crippen molar-refractivity contribution in [2.75, 3.05) is 0 Å². The van der Waals surface area contributed by atoms with Crippen LogP contribution in [0.3, 0.4) is 0 Å². The Morgan fingerprint density at radius 2 is 2.46 bits per heavy atom. The number of hydrogen-bond acceptors (Lipinski definition) is 5. The fourth-order valence-corrected chi connectivity index (χ4v) is 0.907. The smallest absolute Gasteiger partial charge is 0.304 e. The van der Waals surface area contributed by atoms with E-state index in [9.17, 15) is 4.79 Å². The van der Waals surface area contributed by atoms with Crippen LogP contribution < -0.4 is 5.73 Å². The van der Waals surface area contributed by atoms with Crippen LogP contribution in [-0.2, 0) is 11.3 Å². The van der Waals surface area contributed by atoms with E-state index < -0.39 is 5.97 Å². The molecule has 7 nitrogen and oxygen atoms in total. The maximum absolute atomic E-state index is 10.2. The Kier molecular flexibility index (Phi) is 3.32. The lowest BCUT2D eigenvalue weighted by molar-refractivity contribution is -0.137. The number of aryl methyl sites for hydroxylation is 1.